The molecule has 0 aromatic heterocycles. The van der Waals surface area contributed by atoms with Crippen LogP contribution in [0.2, 0.25) is 0 Å². The summed E-state index contributed by atoms with van der Waals surface area (Å²) in [5, 5.41) is 0. The van der Waals surface area contributed by atoms with Crippen LogP contribution in [0.4, 0.5) is 0 Å². The SMILES string of the molecule is C=COCC(C)OC(=O)CCC. The molecule has 0 heterocycles. The minimum Gasteiger partial charge on any atom is -0.498 e. The molecule has 0 aliphatic heterocycles. The van der Waals surface area contributed by atoms with Gasteiger partial charge in [-0.25, -0.2) is 0 Å². The molecule has 12 heavy (non-hydrogen) atoms. The van der Waals surface area contributed by atoms with Crippen molar-refractivity contribution in [3.63, 3.8) is 0 Å². The Kier molecular flexibility index (Phi) is 6.15. The summed E-state index contributed by atoms with van der Waals surface area (Å²) in [4.78, 5) is 10.9. The molecule has 0 N–H and O–H groups in total. The van der Waals surface area contributed by atoms with Gasteiger partial charge in [0.25, 0.3) is 0 Å². The lowest BCUT2D eigenvalue weighted by molar-refractivity contribution is -0.150. The first kappa shape index (κ1) is 11.0. The lowest BCUT2D eigenvalue weighted by Gasteiger charge is -2.11. The van der Waals surface area contributed by atoms with Crippen LogP contribution in [0, 0.1) is 0 Å². The third-order valence-electron chi connectivity index (χ3n) is 1.24. The zero-order valence-corrected chi connectivity index (χ0v) is 7.71. The van der Waals surface area contributed by atoms with Gasteiger partial charge in [0.05, 0.1) is 6.26 Å². The lowest BCUT2D eigenvalue weighted by Crippen LogP contribution is -2.18. The Morgan fingerprint density at radius 1 is 1.67 bits per heavy atom. The minimum atomic E-state index is -0.193. The summed E-state index contributed by atoms with van der Waals surface area (Å²) in [6.07, 6.45) is 2.43. The van der Waals surface area contributed by atoms with Gasteiger partial charge < -0.3 is 9.47 Å². The smallest absolute Gasteiger partial charge is 0.306 e. The lowest BCUT2D eigenvalue weighted by atomic mass is 10.3. The van der Waals surface area contributed by atoms with Gasteiger partial charge in [0, 0.05) is 6.42 Å². The average molecular weight is 172 g/mol. The van der Waals surface area contributed by atoms with E-state index in [0.717, 1.165) is 6.42 Å². The summed E-state index contributed by atoms with van der Waals surface area (Å²) in [5.74, 6) is -0.169. The number of carbonyl (C=O) groups excluding carboxylic acids is 1. The van der Waals surface area contributed by atoms with Crippen molar-refractivity contribution in [2.75, 3.05) is 6.61 Å². The maximum atomic E-state index is 10.9. The Morgan fingerprint density at radius 2 is 2.33 bits per heavy atom. The van der Waals surface area contributed by atoms with E-state index in [0.29, 0.717) is 13.0 Å². The van der Waals surface area contributed by atoms with E-state index >= 15 is 0 Å². The van der Waals surface area contributed by atoms with Crippen LogP contribution in [0.1, 0.15) is 26.7 Å². The van der Waals surface area contributed by atoms with E-state index < -0.39 is 0 Å². The Bertz CT molecular complexity index is 143. The molecule has 0 saturated carbocycles. The molecule has 3 nitrogen and oxygen atoms in total. The van der Waals surface area contributed by atoms with Crippen LogP contribution in [-0.4, -0.2) is 18.7 Å². The molecule has 0 spiro atoms. The average Bonchev–Trinajstić information content (AvgIpc) is 2.01. The van der Waals surface area contributed by atoms with E-state index in [4.69, 9.17) is 9.47 Å². The Hall–Kier alpha value is -0.990. The highest BCUT2D eigenvalue weighted by Crippen LogP contribution is 1.97. The first-order chi connectivity index (χ1) is 5.70. The maximum absolute atomic E-state index is 10.9. The van der Waals surface area contributed by atoms with E-state index in [2.05, 4.69) is 6.58 Å². The third-order valence-corrected chi connectivity index (χ3v) is 1.24. The van der Waals surface area contributed by atoms with Crippen LogP contribution in [0.25, 0.3) is 0 Å². The van der Waals surface area contributed by atoms with Crippen molar-refractivity contribution < 1.29 is 14.3 Å². The molecule has 0 rings (SSSR count). The topological polar surface area (TPSA) is 35.5 Å². The maximum Gasteiger partial charge on any atom is 0.306 e. The fraction of sp³-hybridized carbons (Fsp3) is 0.667. The molecule has 0 saturated heterocycles. The van der Waals surface area contributed by atoms with Gasteiger partial charge in [-0.15, -0.1) is 0 Å². The van der Waals surface area contributed by atoms with Gasteiger partial charge in [-0.2, -0.15) is 0 Å². The van der Waals surface area contributed by atoms with Crippen molar-refractivity contribution in [1.29, 1.82) is 0 Å². The van der Waals surface area contributed by atoms with Crippen LogP contribution in [0.3, 0.4) is 0 Å². The predicted molar refractivity (Wildman–Crippen MR) is 46.6 cm³/mol. The molecule has 0 bridgehead atoms. The van der Waals surface area contributed by atoms with Gasteiger partial charge in [-0.05, 0) is 13.3 Å². The second-order valence-corrected chi connectivity index (χ2v) is 2.55. The molecule has 1 unspecified atom stereocenters. The fourth-order valence-electron chi connectivity index (χ4n) is 0.725. The summed E-state index contributed by atoms with van der Waals surface area (Å²) in [7, 11) is 0. The van der Waals surface area contributed by atoms with Gasteiger partial charge in [0.1, 0.15) is 12.7 Å². The van der Waals surface area contributed by atoms with Crippen molar-refractivity contribution >= 4 is 5.97 Å². The largest absolute Gasteiger partial charge is 0.498 e. The third kappa shape index (κ3) is 5.77. The van der Waals surface area contributed by atoms with Crippen LogP contribution in [0.15, 0.2) is 12.8 Å². The summed E-state index contributed by atoms with van der Waals surface area (Å²) in [6.45, 7) is 7.48. The standard InChI is InChI=1S/C9H16O3/c1-4-6-9(10)12-8(3)7-11-5-2/h5,8H,2,4,6-7H2,1,3H3. The summed E-state index contributed by atoms with van der Waals surface area (Å²) in [6, 6.07) is 0. The number of carbonyl (C=O) groups is 1. The monoisotopic (exact) mass is 172 g/mol. The molecule has 3 heteroatoms. The fourth-order valence-corrected chi connectivity index (χ4v) is 0.725. The predicted octanol–water partition coefficient (Wildman–Crippen LogP) is 1.88. The first-order valence-corrected chi connectivity index (χ1v) is 4.12. The molecule has 0 radical (unpaired) electrons. The summed E-state index contributed by atoms with van der Waals surface area (Å²) in [5.41, 5.74) is 0. The van der Waals surface area contributed by atoms with E-state index in [1.165, 1.54) is 6.26 Å². The number of rotatable bonds is 6. The minimum absolute atomic E-state index is 0.169. The van der Waals surface area contributed by atoms with Crippen molar-refractivity contribution in [3.05, 3.63) is 12.8 Å². The summed E-state index contributed by atoms with van der Waals surface area (Å²) >= 11 is 0. The van der Waals surface area contributed by atoms with E-state index in [9.17, 15) is 4.79 Å². The highest BCUT2D eigenvalue weighted by Gasteiger charge is 2.07. The molecule has 0 aromatic carbocycles. The quantitative estimate of drug-likeness (QED) is 0.453. The van der Waals surface area contributed by atoms with E-state index in [-0.39, 0.29) is 12.1 Å². The van der Waals surface area contributed by atoms with Crippen molar-refractivity contribution in [2.45, 2.75) is 32.8 Å². The molecule has 0 aliphatic rings. The van der Waals surface area contributed by atoms with Crippen molar-refractivity contribution in [2.24, 2.45) is 0 Å². The number of hydrogen-bond donors (Lipinski definition) is 0. The van der Waals surface area contributed by atoms with Gasteiger partial charge in [0.15, 0.2) is 0 Å². The number of esters is 1. The van der Waals surface area contributed by atoms with Crippen LogP contribution >= 0.6 is 0 Å². The molecule has 0 aliphatic carbocycles. The Balaban J connectivity index is 3.46. The molecule has 70 valence electrons. The van der Waals surface area contributed by atoms with E-state index in [1.807, 2.05) is 6.92 Å². The van der Waals surface area contributed by atoms with Crippen LogP contribution in [-0.2, 0) is 14.3 Å². The first-order valence-electron chi connectivity index (χ1n) is 4.12. The van der Waals surface area contributed by atoms with Gasteiger partial charge in [0.2, 0.25) is 0 Å². The van der Waals surface area contributed by atoms with Crippen molar-refractivity contribution in [1.82, 2.24) is 0 Å². The second-order valence-electron chi connectivity index (χ2n) is 2.55. The Labute approximate surface area is 73.4 Å². The molecular weight excluding hydrogens is 156 g/mol. The van der Waals surface area contributed by atoms with Crippen LogP contribution in [0.5, 0.6) is 0 Å². The second kappa shape index (κ2) is 6.70. The highest BCUT2D eigenvalue weighted by molar-refractivity contribution is 5.69. The number of ether oxygens (including phenoxy) is 2. The molecule has 0 amide bonds. The molecule has 1 atom stereocenters. The van der Waals surface area contributed by atoms with Gasteiger partial charge in [-0.1, -0.05) is 13.5 Å². The van der Waals surface area contributed by atoms with Gasteiger partial charge in [-0.3, -0.25) is 4.79 Å². The molecular formula is C9H16O3. The molecule has 0 aromatic rings. The zero-order valence-electron chi connectivity index (χ0n) is 7.71. The summed E-state index contributed by atoms with van der Waals surface area (Å²) < 4.78 is 9.84. The molecule has 0 fully saturated rings. The Morgan fingerprint density at radius 3 is 2.83 bits per heavy atom. The van der Waals surface area contributed by atoms with Gasteiger partial charge >= 0.3 is 5.97 Å². The van der Waals surface area contributed by atoms with Crippen LogP contribution < -0.4 is 0 Å². The zero-order chi connectivity index (χ0) is 9.40. The van der Waals surface area contributed by atoms with Crippen molar-refractivity contribution in [3.8, 4) is 0 Å². The van der Waals surface area contributed by atoms with E-state index in [1.54, 1.807) is 6.92 Å². The number of hydrogen-bond acceptors (Lipinski definition) is 3. The highest BCUT2D eigenvalue weighted by atomic mass is 16.6. The normalized spacial score (nSPS) is 11.8.